The van der Waals surface area contributed by atoms with E-state index in [1.54, 1.807) is 0 Å². The van der Waals surface area contributed by atoms with Gasteiger partial charge in [0.2, 0.25) is 0 Å². The van der Waals surface area contributed by atoms with Gasteiger partial charge in [0.05, 0.1) is 11.0 Å². The summed E-state index contributed by atoms with van der Waals surface area (Å²) in [7, 11) is 0. The van der Waals surface area contributed by atoms with Crippen molar-refractivity contribution in [2.45, 2.75) is 12.8 Å². The fourth-order valence-corrected chi connectivity index (χ4v) is 2.42. The third-order valence-corrected chi connectivity index (χ3v) is 3.38. The van der Waals surface area contributed by atoms with Gasteiger partial charge in [-0.2, -0.15) is 0 Å². The van der Waals surface area contributed by atoms with Gasteiger partial charge in [-0.3, -0.25) is 19.7 Å². The van der Waals surface area contributed by atoms with Crippen molar-refractivity contribution >= 4 is 17.6 Å². The molecule has 8 heteroatoms. The number of non-ortho nitro benzene ring substituents is 1. The Bertz CT molecular complexity index is 604. The number of halogens is 1. The Balaban J connectivity index is 2.14. The summed E-state index contributed by atoms with van der Waals surface area (Å²) < 4.78 is 13.3. The molecule has 0 radical (unpaired) electrons. The summed E-state index contributed by atoms with van der Waals surface area (Å²) in [6, 6.07) is 2.71. The zero-order valence-corrected chi connectivity index (χ0v) is 11.0. The van der Waals surface area contributed by atoms with Crippen LogP contribution in [-0.4, -0.2) is 39.9 Å². The molecule has 0 aliphatic carbocycles. The van der Waals surface area contributed by atoms with E-state index < -0.39 is 28.3 Å². The molecule has 7 nitrogen and oxygen atoms in total. The van der Waals surface area contributed by atoms with Crippen LogP contribution in [0.1, 0.15) is 23.2 Å². The molecule has 1 aromatic rings. The molecule has 2 rings (SSSR count). The molecule has 1 fully saturated rings. The first-order valence-electron chi connectivity index (χ1n) is 6.33. The van der Waals surface area contributed by atoms with Crippen LogP contribution in [0, 0.1) is 21.8 Å². The number of benzene rings is 1. The van der Waals surface area contributed by atoms with E-state index >= 15 is 0 Å². The van der Waals surface area contributed by atoms with E-state index in [1.807, 2.05) is 0 Å². The molecule has 1 N–H and O–H groups in total. The Hall–Kier alpha value is -2.51. The molecule has 1 amide bonds. The molecule has 1 atom stereocenters. The number of nitro groups is 1. The van der Waals surface area contributed by atoms with Crippen molar-refractivity contribution in [1.29, 1.82) is 0 Å². The first-order valence-corrected chi connectivity index (χ1v) is 6.33. The van der Waals surface area contributed by atoms with Gasteiger partial charge in [0.1, 0.15) is 5.82 Å². The third kappa shape index (κ3) is 3.53. The standard InChI is InChI=1S/C13H13FN2O5/c14-10-4-9(5-11(6-10)16(20)21)13(19)15-2-1-8(7-15)3-12(17)18/h4-6,8H,1-3,7H2,(H,17,18). The summed E-state index contributed by atoms with van der Waals surface area (Å²) in [5.41, 5.74) is -0.586. The van der Waals surface area contributed by atoms with Crippen molar-refractivity contribution in [3.05, 3.63) is 39.7 Å². The van der Waals surface area contributed by atoms with Crippen molar-refractivity contribution in [2.75, 3.05) is 13.1 Å². The van der Waals surface area contributed by atoms with Crippen LogP contribution in [0.25, 0.3) is 0 Å². The molecule has 21 heavy (non-hydrogen) atoms. The number of rotatable bonds is 4. The third-order valence-electron chi connectivity index (χ3n) is 3.38. The maximum atomic E-state index is 13.3. The smallest absolute Gasteiger partial charge is 0.303 e. The molecule has 1 heterocycles. The Morgan fingerprint density at radius 3 is 2.76 bits per heavy atom. The molecule has 112 valence electrons. The number of carboxylic acids is 1. The van der Waals surface area contributed by atoms with Crippen molar-refractivity contribution in [3.63, 3.8) is 0 Å². The first kappa shape index (κ1) is 14.9. The molecule has 1 saturated heterocycles. The average Bonchev–Trinajstić information content (AvgIpc) is 2.84. The molecule has 0 spiro atoms. The SMILES string of the molecule is O=C(O)CC1CCN(C(=O)c2cc(F)cc([N+](=O)[O-])c2)C1. The topological polar surface area (TPSA) is 101 Å². The first-order chi connectivity index (χ1) is 9.86. The Labute approximate surface area is 119 Å². The lowest BCUT2D eigenvalue weighted by atomic mass is 10.1. The van der Waals surface area contributed by atoms with E-state index in [-0.39, 0.29) is 24.4 Å². The Morgan fingerprint density at radius 2 is 2.14 bits per heavy atom. The van der Waals surface area contributed by atoms with E-state index in [2.05, 4.69) is 0 Å². The number of aliphatic carboxylic acids is 1. The lowest BCUT2D eigenvalue weighted by Gasteiger charge is -2.16. The highest BCUT2D eigenvalue weighted by atomic mass is 19.1. The number of carboxylic acid groups (broad SMARTS) is 1. The fraction of sp³-hybridized carbons (Fsp3) is 0.385. The number of hydrogen-bond donors (Lipinski definition) is 1. The second-order valence-electron chi connectivity index (χ2n) is 4.96. The summed E-state index contributed by atoms with van der Waals surface area (Å²) in [4.78, 5) is 34.1. The summed E-state index contributed by atoms with van der Waals surface area (Å²) in [5.74, 6) is -2.45. The van der Waals surface area contributed by atoms with Crippen molar-refractivity contribution < 1.29 is 24.0 Å². The van der Waals surface area contributed by atoms with Crippen LogP contribution >= 0.6 is 0 Å². The maximum Gasteiger partial charge on any atom is 0.303 e. The van der Waals surface area contributed by atoms with Gasteiger partial charge in [0, 0.05) is 31.1 Å². The largest absolute Gasteiger partial charge is 0.481 e. The normalized spacial score (nSPS) is 17.8. The number of nitro benzene ring substituents is 1. The molecular weight excluding hydrogens is 283 g/mol. The van der Waals surface area contributed by atoms with Crippen LogP contribution in [0.3, 0.4) is 0 Å². The van der Waals surface area contributed by atoms with Crippen LogP contribution in [0.2, 0.25) is 0 Å². The van der Waals surface area contributed by atoms with Gasteiger partial charge in [-0.1, -0.05) is 0 Å². The monoisotopic (exact) mass is 296 g/mol. The zero-order chi connectivity index (χ0) is 15.6. The van der Waals surface area contributed by atoms with E-state index in [0.29, 0.717) is 13.0 Å². The van der Waals surface area contributed by atoms with Gasteiger partial charge in [-0.25, -0.2) is 4.39 Å². The Morgan fingerprint density at radius 1 is 1.43 bits per heavy atom. The number of carbonyl (C=O) groups is 2. The summed E-state index contributed by atoms with van der Waals surface area (Å²) in [5, 5.41) is 19.4. The fourth-order valence-electron chi connectivity index (χ4n) is 2.42. The molecule has 1 unspecified atom stereocenters. The van der Waals surface area contributed by atoms with Gasteiger partial charge in [-0.05, 0) is 18.4 Å². The molecule has 1 aromatic carbocycles. The highest BCUT2D eigenvalue weighted by molar-refractivity contribution is 5.95. The van der Waals surface area contributed by atoms with Gasteiger partial charge >= 0.3 is 5.97 Å². The van der Waals surface area contributed by atoms with E-state index in [1.165, 1.54) is 4.90 Å². The van der Waals surface area contributed by atoms with Crippen LogP contribution in [0.4, 0.5) is 10.1 Å². The predicted molar refractivity (Wildman–Crippen MR) is 69.3 cm³/mol. The average molecular weight is 296 g/mol. The number of carbonyl (C=O) groups excluding carboxylic acids is 1. The van der Waals surface area contributed by atoms with Crippen LogP contribution in [-0.2, 0) is 4.79 Å². The minimum absolute atomic E-state index is 0.0346. The highest BCUT2D eigenvalue weighted by Gasteiger charge is 2.29. The zero-order valence-electron chi connectivity index (χ0n) is 11.0. The number of nitrogens with zero attached hydrogens (tertiary/aromatic N) is 2. The van der Waals surface area contributed by atoms with Gasteiger partial charge in [0.15, 0.2) is 0 Å². The van der Waals surface area contributed by atoms with Gasteiger partial charge in [0.25, 0.3) is 11.6 Å². The molecule has 1 aliphatic heterocycles. The van der Waals surface area contributed by atoms with Crippen LogP contribution in [0.15, 0.2) is 18.2 Å². The van der Waals surface area contributed by atoms with Gasteiger partial charge < -0.3 is 10.0 Å². The second kappa shape index (κ2) is 5.86. The molecule has 0 bridgehead atoms. The second-order valence-corrected chi connectivity index (χ2v) is 4.96. The Kier molecular flexibility index (Phi) is 4.15. The lowest BCUT2D eigenvalue weighted by molar-refractivity contribution is -0.385. The molecule has 0 saturated carbocycles. The van der Waals surface area contributed by atoms with Gasteiger partial charge in [-0.15, -0.1) is 0 Å². The highest BCUT2D eigenvalue weighted by Crippen LogP contribution is 2.23. The van der Waals surface area contributed by atoms with Crippen molar-refractivity contribution in [2.24, 2.45) is 5.92 Å². The van der Waals surface area contributed by atoms with E-state index in [9.17, 15) is 24.1 Å². The molecule has 0 aromatic heterocycles. The van der Waals surface area contributed by atoms with Crippen molar-refractivity contribution in [3.8, 4) is 0 Å². The predicted octanol–water partition coefficient (Wildman–Crippen LogP) is 1.67. The lowest BCUT2D eigenvalue weighted by Crippen LogP contribution is -2.29. The number of amides is 1. The summed E-state index contributed by atoms with van der Waals surface area (Å²) >= 11 is 0. The molecule has 1 aliphatic rings. The van der Waals surface area contributed by atoms with Crippen LogP contribution in [0.5, 0.6) is 0 Å². The van der Waals surface area contributed by atoms with Crippen LogP contribution < -0.4 is 0 Å². The minimum atomic E-state index is -0.935. The molecular formula is C13H13FN2O5. The number of likely N-dealkylation sites (tertiary alicyclic amines) is 1. The van der Waals surface area contributed by atoms with E-state index in [0.717, 1.165) is 18.2 Å². The summed E-state index contributed by atoms with van der Waals surface area (Å²) in [6.45, 7) is 0.622. The quantitative estimate of drug-likeness (QED) is 0.672. The summed E-state index contributed by atoms with van der Waals surface area (Å²) in [6.07, 6.45) is 0.516. The van der Waals surface area contributed by atoms with Crippen molar-refractivity contribution in [1.82, 2.24) is 4.90 Å². The minimum Gasteiger partial charge on any atom is -0.481 e. The van der Waals surface area contributed by atoms with E-state index in [4.69, 9.17) is 5.11 Å². The number of hydrogen-bond acceptors (Lipinski definition) is 4. The maximum absolute atomic E-state index is 13.3.